The Morgan fingerprint density at radius 2 is 1.39 bits per heavy atom. The van der Waals surface area contributed by atoms with Crippen molar-refractivity contribution in [3.8, 4) is 0 Å². The minimum Gasteiger partial charge on any atom is -0.481 e. The van der Waals surface area contributed by atoms with E-state index >= 15 is 0 Å². The third kappa shape index (κ3) is 6.60. The molecular formula is C21H12F6INO4. The number of nitrogens with one attached hydrogen (secondary N) is 1. The number of halogens is 7. The zero-order valence-corrected chi connectivity index (χ0v) is 18.3. The van der Waals surface area contributed by atoms with Crippen LogP contribution in [0.4, 0.5) is 37.7 Å². The molecule has 3 aromatic rings. The number of rotatable bonds is 5. The zero-order chi connectivity index (χ0) is 24.9. The van der Waals surface area contributed by atoms with Gasteiger partial charge >= 0.3 is 11.9 Å². The van der Waals surface area contributed by atoms with Crippen LogP contribution in [0.25, 0.3) is 0 Å². The van der Waals surface area contributed by atoms with E-state index in [1.54, 1.807) is 6.07 Å². The molecule has 3 rings (SSSR count). The molecule has 0 saturated heterocycles. The quantitative estimate of drug-likeness (QED) is 0.199. The Hall–Kier alpha value is -3.29. The van der Waals surface area contributed by atoms with Crippen LogP contribution >= 0.6 is 22.6 Å². The first-order chi connectivity index (χ1) is 15.4. The van der Waals surface area contributed by atoms with Crippen molar-refractivity contribution in [2.75, 3.05) is 5.32 Å². The highest BCUT2D eigenvalue weighted by molar-refractivity contribution is 14.1. The van der Waals surface area contributed by atoms with E-state index < -0.39 is 64.5 Å². The van der Waals surface area contributed by atoms with Crippen molar-refractivity contribution in [1.82, 2.24) is 0 Å². The second-order valence-electron chi connectivity index (χ2n) is 6.24. The van der Waals surface area contributed by atoms with Gasteiger partial charge in [-0.1, -0.05) is 6.07 Å². The van der Waals surface area contributed by atoms with Gasteiger partial charge in [-0.05, 0) is 59.0 Å². The van der Waals surface area contributed by atoms with Gasteiger partial charge in [0.05, 0.1) is 23.4 Å². The van der Waals surface area contributed by atoms with Gasteiger partial charge in [0, 0.05) is 9.13 Å². The van der Waals surface area contributed by atoms with E-state index in [1.165, 1.54) is 12.1 Å². The number of aliphatic carboxylic acids is 1. The van der Waals surface area contributed by atoms with Crippen molar-refractivity contribution >= 4 is 45.9 Å². The van der Waals surface area contributed by atoms with Crippen molar-refractivity contribution < 1.29 is 46.1 Å². The monoisotopic (exact) mass is 583 g/mol. The average molecular weight is 583 g/mol. The Morgan fingerprint density at radius 3 is 1.97 bits per heavy atom. The van der Waals surface area contributed by atoms with E-state index in [0.29, 0.717) is 15.7 Å². The van der Waals surface area contributed by atoms with Gasteiger partial charge in [-0.3, -0.25) is 4.79 Å². The summed E-state index contributed by atoms with van der Waals surface area (Å²) in [6.45, 7) is 0. The van der Waals surface area contributed by atoms with Gasteiger partial charge in [-0.25, -0.2) is 31.1 Å². The van der Waals surface area contributed by atoms with Crippen LogP contribution in [0.15, 0.2) is 42.5 Å². The Balaban J connectivity index is 0.000000257. The SMILES string of the molecule is O=C(O)Cc1ccc(F)c(F)c1F.O=C(O)c1ccc(F)c(F)c1Nc1ccc(I)cc1F. The first kappa shape index (κ1) is 26.0. The molecule has 12 heteroatoms. The second-order valence-corrected chi connectivity index (χ2v) is 7.49. The summed E-state index contributed by atoms with van der Waals surface area (Å²) < 4.78 is 78.7. The predicted octanol–water partition coefficient (Wildman–Crippen LogP) is 5.88. The molecule has 0 amide bonds. The summed E-state index contributed by atoms with van der Waals surface area (Å²) in [5, 5.41) is 19.5. The number of carboxylic acid groups (broad SMARTS) is 2. The molecule has 0 atom stereocenters. The largest absolute Gasteiger partial charge is 0.481 e. The minimum absolute atomic E-state index is 0.141. The van der Waals surface area contributed by atoms with Crippen LogP contribution in [0.5, 0.6) is 0 Å². The Morgan fingerprint density at radius 1 is 0.788 bits per heavy atom. The van der Waals surface area contributed by atoms with Gasteiger partial charge in [0.15, 0.2) is 29.1 Å². The van der Waals surface area contributed by atoms with Crippen molar-refractivity contribution in [2.24, 2.45) is 0 Å². The molecule has 0 saturated carbocycles. The third-order valence-corrected chi connectivity index (χ3v) is 4.64. The molecule has 0 aromatic heterocycles. The summed E-state index contributed by atoms with van der Waals surface area (Å²) in [6.07, 6.45) is -0.664. The number of hydrogen-bond acceptors (Lipinski definition) is 3. The Kier molecular flexibility index (Phi) is 8.68. The molecule has 0 heterocycles. The zero-order valence-electron chi connectivity index (χ0n) is 16.1. The van der Waals surface area contributed by atoms with Crippen molar-refractivity contribution in [3.05, 3.63) is 92.1 Å². The summed E-state index contributed by atoms with van der Waals surface area (Å²) in [4.78, 5) is 21.1. The van der Waals surface area contributed by atoms with Gasteiger partial charge in [0.25, 0.3) is 0 Å². The standard InChI is InChI=1S/C13H7F3INO2.C8H5F3O2/c14-8-3-2-7(13(19)20)12(11(8)16)18-10-4-1-6(17)5-9(10)15;9-5-2-1-4(3-6(12)13)7(10)8(5)11/h1-5,18H,(H,19,20);1-2H,3H2,(H,12,13). The molecule has 0 radical (unpaired) electrons. The first-order valence-electron chi connectivity index (χ1n) is 8.69. The van der Waals surface area contributed by atoms with Gasteiger partial charge in [0.2, 0.25) is 0 Å². The molecule has 0 bridgehead atoms. The summed E-state index contributed by atoms with van der Waals surface area (Å²) >= 11 is 1.89. The minimum atomic E-state index is -1.64. The van der Waals surface area contributed by atoms with E-state index in [4.69, 9.17) is 10.2 Å². The summed E-state index contributed by atoms with van der Waals surface area (Å²) in [6, 6.07) is 7.25. The molecule has 0 aliphatic carbocycles. The van der Waals surface area contributed by atoms with Gasteiger partial charge in [-0.15, -0.1) is 0 Å². The van der Waals surface area contributed by atoms with Crippen molar-refractivity contribution in [1.29, 1.82) is 0 Å². The molecule has 5 nitrogen and oxygen atoms in total. The van der Waals surface area contributed by atoms with Crippen LogP contribution in [-0.4, -0.2) is 22.2 Å². The summed E-state index contributed by atoms with van der Waals surface area (Å²) in [7, 11) is 0. The third-order valence-electron chi connectivity index (χ3n) is 3.97. The molecule has 33 heavy (non-hydrogen) atoms. The lowest BCUT2D eigenvalue weighted by Crippen LogP contribution is -2.07. The normalized spacial score (nSPS) is 10.3. The van der Waals surface area contributed by atoms with Gasteiger partial charge in [0.1, 0.15) is 5.82 Å². The van der Waals surface area contributed by atoms with Crippen LogP contribution in [0.3, 0.4) is 0 Å². The lowest BCUT2D eigenvalue weighted by Gasteiger charge is -2.12. The highest BCUT2D eigenvalue weighted by atomic mass is 127. The molecular weight excluding hydrogens is 571 g/mol. The fraction of sp³-hybridized carbons (Fsp3) is 0.0476. The number of benzene rings is 3. The fourth-order valence-corrected chi connectivity index (χ4v) is 2.90. The second kappa shape index (κ2) is 11.0. The van der Waals surface area contributed by atoms with Crippen molar-refractivity contribution in [3.63, 3.8) is 0 Å². The van der Waals surface area contributed by atoms with Crippen LogP contribution in [0.1, 0.15) is 15.9 Å². The maximum absolute atomic E-state index is 13.7. The first-order valence-corrected chi connectivity index (χ1v) is 9.77. The van der Waals surface area contributed by atoms with Gasteiger partial charge in [-0.2, -0.15) is 0 Å². The molecule has 0 aliphatic heterocycles. The molecule has 3 N–H and O–H groups in total. The summed E-state index contributed by atoms with van der Waals surface area (Å²) in [5.41, 5.74) is -1.61. The van der Waals surface area contributed by atoms with E-state index in [1.807, 2.05) is 22.6 Å². The van der Waals surface area contributed by atoms with E-state index in [-0.39, 0.29) is 11.3 Å². The lowest BCUT2D eigenvalue weighted by molar-refractivity contribution is -0.136. The van der Waals surface area contributed by atoms with Crippen LogP contribution in [-0.2, 0) is 11.2 Å². The topological polar surface area (TPSA) is 86.6 Å². The lowest BCUT2D eigenvalue weighted by atomic mass is 10.1. The van der Waals surface area contributed by atoms with Crippen molar-refractivity contribution in [2.45, 2.75) is 6.42 Å². The van der Waals surface area contributed by atoms with E-state index in [9.17, 15) is 35.9 Å². The van der Waals surface area contributed by atoms with E-state index in [0.717, 1.165) is 12.1 Å². The molecule has 0 fully saturated rings. The smallest absolute Gasteiger partial charge is 0.337 e. The Bertz CT molecular complexity index is 1220. The van der Waals surface area contributed by atoms with Crippen LogP contribution < -0.4 is 5.32 Å². The molecule has 0 unspecified atom stereocenters. The Labute approximate surface area is 195 Å². The maximum Gasteiger partial charge on any atom is 0.337 e. The predicted molar refractivity (Wildman–Crippen MR) is 113 cm³/mol. The molecule has 174 valence electrons. The maximum atomic E-state index is 13.7. The van der Waals surface area contributed by atoms with Gasteiger partial charge < -0.3 is 15.5 Å². The number of hydrogen-bond donors (Lipinski definition) is 3. The number of aromatic carboxylic acids is 1. The molecule has 0 spiro atoms. The fourth-order valence-electron chi connectivity index (χ4n) is 2.44. The summed E-state index contributed by atoms with van der Waals surface area (Å²) in [5.74, 6) is -10.4. The van der Waals surface area contributed by atoms with Crippen LogP contribution in [0.2, 0.25) is 0 Å². The van der Waals surface area contributed by atoms with E-state index in [2.05, 4.69) is 5.32 Å². The molecule has 0 aliphatic rings. The highest BCUT2D eigenvalue weighted by Crippen LogP contribution is 2.28. The average Bonchev–Trinajstić information content (AvgIpc) is 2.73. The van der Waals surface area contributed by atoms with Crippen LogP contribution in [0, 0.1) is 38.5 Å². The molecule has 3 aromatic carbocycles. The number of anilines is 2. The highest BCUT2D eigenvalue weighted by Gasteiger charge is 2.19. The number of carbonyl (C=O) groups is 2. The number of carboxylic acids is 2.